The first-order chi connectivity index (χ1) is 10.1. The van der Waals surface area contributed by atoms with E-state index in [4.69, 9.17) is 10.9 Å². The van der Waals surface area contributed by atoms with Crippen molar-refractivity contribution < 1.29 is 10.0 Å². The van der Waals surface area contributed by atoms with Crippen LogP contribution in [0.2, 0.25) is 0 Å². The van der Waals surface area contributed by atoms with E-state index in [1.165, 1.54) is 0 Å². The molecule has 0 saturated carbocycles. The Morgan fingerprint density at radius 1 is 1.48 bits per heavy atom. The highest BCUT2D eigenvalue weighted by atomic mass is 16.4. The summed E-state index contributed by atoms with van der Waals surface area (Å²) in [5.74, 6) is 0.662. The van der Waals surface area contributed by atoms with Crippen LogP contribution in [0.3, 0.4) is 0 Å². The predicted molar refractivity (Wildman–Crippen MR) is 78.2 cm³/mol. The molecule has 1 heterocycles. The molecule has 0 aliphatic carbocycles. The van der Waals surface area contributed by atoms with Gasteiger partial charge in [0.1, 0.15) is 5.82 Å². The number of carbonyl (C=O) groups excluding carboxylic acids is 1. The van der Waals surface area contributed by atoms with Crippen molar-refractivity contribution in [2.45, 2.75) is 6.42 Å². The van der Waals surface area contributed by atoms with Gasteiger partial charge in [0.25, 0.3) is 5.91 Å². The fourth-order valence-electron chi connectivity index (χ4n) is 1.90. The predicted octanol–water partition coefficient (Wildman–Crippen LogP) is 0.487. The molecular weight excluding hydrogens is 270 g/mol. The Hall–Kier alpha value is -2.83. The molecule has 0 unspecified atom stereocenters. The van der Waals surface area contributed by atoms with Crippen molar-refractivity contribution in [3.8, 4) is 0 Å². The van der Waals surface area contributed by atoms with Crippen molar-refractivity contribution in [3.63, 3.8) is 0 Å². The summed E-state index contributed by atoms with van der Waals surface area (Å²) < 4.78 is 1.91. The standard InChI is InChI=1S/C14H17N5O2/c1-19-8-7-16-12(19)5-6-17-14(20)11-4-2-3-10(9-11)13(15)18-21/h2-4,7-9,21H,5-6H2,1H3,(H2,15,18)(H,17,20). The zero-order chi connectivity index (χ0) is 15.2. The maximum atomic E-state index is 12.0. The summed E-state index contributed by atoms with van der Waals surface area (Å²) in [6.07, 6.45) is 4.23. The molecule has 2 rings (SSSR count). The van der Waals surface area contributed by atoms with Gasteiger partial charge in [-0.1, -0.05) is 17.3 Å². The lowest BCUT2D eigenvalue weighted by atomic mass is 10.1. The zero-order valence-electron chi connectivity index (χ0n) is 11.7. The summed E-state index contributed by atoms with van der Waals surface area (Å²) in [6, 6.07) is 6.59. The Kier molecular flexibility index (Phi) is 4.55. The molecule has 0 bridgehead atoms. The maximum absolute atomic E-state index is 12.0. The molecule has 4 N–H and O–H groups in total. The van der Waals surface area contributed by atoms with E-state index >= 15 is 0 Å². The topological polar surface area (TPSA) is 106 Å². The summed E-state index contributed by atoms with van der Waals surface area (Å²) in [5.41, 5.74) is 6.45. The van der Waals surface area contributed by atoms with Gasteiger partial charge in [0.15, 0.2) is 5.84 Å². The molecule has 21 heavy (non-hydrogen) atoms. The van der Waals surface area contributed by atoms with Gasteiger partial charge >= 0.3 is 0 Å². The van der Waals surface area contributed by atoms with Crippen molar-refractivity contribution in [3.05, 3.63) is 53.6 Å². The molecule has 0 aliphatic rings. The van der Waals surface area contributed by atoms with Gasteiger partial charge in [-0.3, -0.25) is 4.79 Å². The fourth-order valence-corrected chi connectivity index (χ4v) is 1.90. The van der Waals surface area contributed by atoms with Gasteiger partial charge in [-0.2, -0.15) is 0 Å². The second-order valence-corrected chi connectivity index (χ2v) is 4.53. The van der Waals surface area contributed by atoms with Crippen LogP contribution in [0.1, 0.15) is 21.7 Å². The van der Waals surface area contributed by atoms with Gasteiger partial charge in [0.05, 0.1) is 0 Å². The number of nitrogens with two attached hydrogens (primary N) is 1. The lowest BCUT2D eigenvalue weighted by Gasteiger charge is -2.07. The van der Waals surface area contributed by atoms with Crippen LogP contribution >= 0.6 is 0 Å². The number of oxime groups is 1. The second kappa shape index (κ2) is 6.56. The largest absolute Gasteiger partial charge is 0.409 e. The normalized spacial score (nSPS) is 11.4. The number of nitrogens with one attached hydrogen (secondary N) is 1. The molecule has 0 saturated heterocycles. The molecule has 110 valence electrons. The van der Waals surface area contributed by atoms with Crippen LogP contribution in [-0.4, -0.2) is 33.0 Å². The van der Waals surface area contributed by atoms with Crippen LogP contribution in [0, 0.1) is 0 Å². The summed E-state index contributed by atoms with van der Waals surface area (Å²) in [5, 5.41) is 14.4. The number of hydrogen-bond acceptors (Lipinski definition) is 4. The van der Waals surface area contributed by atoms with E-state index < -0.39 is 0 Å². The maximum Gasteiger partial charge on any atom is 0.251 e. The highest BCUT2D eigenvalue weighted by molar-refractivity contribution is 6.01. The number of amides is 1. The number of imidazole rings is 1. The highest BCUT2D eigenvalue weighted by Crippen LogP contribution is 2.05. The number of carbonyl (C=O) groups is 1. The lowest BCUT2D eigenvalue weighted by Crippen LogP contribution is -2.26. The van der Waals surface area contributed by atoms with E-state index in [0.717, 1.165) is 5.82 Å². The Balaban J connectivity index is 1.96. The number of aromatic nitrogens is 2. The van der Waals surface area contributed by atoms with E-state index in [1.807, 2.05) is 17.8 Å². The Morgan fingerprint density at radius 2 is 2.24 bits per heavy atom. The van der Waals surface area contributed by atoms with Crippen LogP contribution in [0.5, 0.6) is 0 Å². The van der Waals surface area contributed by atoms with Gasteiger partial charge in [-0.25, -0.2) is 4.98 Å². The summed E-state index contributed by atoms with van der Waals surface area (Å²) in [4.78, 5) is 16.2. The molecular formula is C14H17N5O2. The van der Waals surface area contributed by atoms with Crippen molar-refractivity contribution in [1.29, 1.82) is 0 Å². The number of rotatable bonds is 5. The van der Waals surface area contributed by atoms with Crippen LogP contribution in [0.4, 0.5) is 0 Å². The van der Waals surface area contributed by atoms with E-state index in [2.05, 4.69) is 15.5 Å². The third-order valence-electron chi connectivity index (χ3n) is 3.08. The summed E-state index contributed by atoms with van der Waals surface area (Å²) in [7, 11) is 1.91. The quantitative estimate of drug-likeness (QED) is 0.322. The van der Waals surface area contributed by atoms with E-state index in [1.54, 1.807) is 30.5 Å². The molecule has 7 heteroatoms. The SMILES string of the molecule is Cn1ccnc1CCNC(=O)c1cccc(C(N)=NO)c1. The molecule has 7 nitrogen and oxygen atoms in total. The monoisotopic (exact) mass is 287 g/mol. The van der Waals surface area contributed by atoms with Gasteiger partial charge in [-0.05, 0) is 12.1 Å². The van der Waals surface area contributed by atoms with E-state index in [0.29, 0.717) is 24.1 Å². The number of benzene rings is 1. The van der Waals surface area contributed by atoms with Crippen molar-refractivity contribution in [2.24, 2.45) is 17.9 Å². The fraction of sp³-hybridized carbons (Fsp3) is 0.214. The first-order valence-electron chi connectivity index (χ1n) is 6.44. The van der Waals surface area contributed by atoms with Crippen LogP contribution in [0.15, 0.2) is 41.8 Å². The van der Waals surface area contributed by atoms with Crippen LogP contribution in [-0.2, 0) is 13.5 Å². The van der Waals surface area contributed by atoms with Crippen LogP contribution in [0.25, 0.3) is 0 Å². The van der Waals surface area contributed by atoms with E-state index in [-0.39, 0.29) is 11.7 Å². The number of hydrogen-bond donors (Lipinski definition) is 3. The molecule has 0 aliphatic heterocycles. The van der Waals surface area contributed by atoms with Gasteiger partial charge in [-0.15, -0.1) is 0 Å². The Labute approximate surface area is 122 Å². The highest BCUT2D eigenvalue weighted by Gasteiger charge is 2.08. The van der Waals surface area contributed by atoms with Crippen molar-refractivity contribution in [1.82, 2.24) is 14.9 Å². The van der Waals surface area contributed by atoms with Crippen LogP contribution < -0.4 is 11.1 Å². The molecule has 1 amide bonds. The molecule has 0 atom stereocenters. The Morgan fingerprint density at radius 3 is 2.90 bits per heavy atom. The van der Waals surface area contributed by atoms with Crippen molar-refractivity contribution in [2.75, 3.05) is 6.54 Å². The second-order valence-electron chi connectivity index (χ2n) is 4.53. The van der Waals surface area contributed by atoms with Crippen molar-refractivity contribution >= 4 is 11.7 Å². The number of amidine groups is 1. The number of nitrogens with zero attached hydrogens (tertiary/aromatic N) is 3. The summed E-state index contributed by atoms with van der Waals surface area (Å²) >= 11 is 0. The molecule has 1 aromatic carbocycles. The molecule has 0 radical (unpaired) electrons. The molecule has 2 aromatic rings. The smallest absolute Gasteiger partial charge is 0.251 e. The molecule has 0 spiro atoms. The minimum Gasteiger partial charge on any atom is -0.409 e. The molecule has 0 fully saturated rings. The van der Waals surface area contributed by atoms with Gasteiger partial charge in [0, 0.05) is 43.5 Å². The third kappa shape index (κ3) is 3.59. The average molecular weight is 287 g/mol. The lowest BCUT2D eigenvalue weighted by molar-refractivity contribution is 0.0954. The van der Waals surface area contributed by atoms with Gasteiger partial charge in [0.2, 0.25) is 0 Å². The first kappa shape index (κ1) is 14.6. The van der Waals surface area contributed by atoms with E-state index in [9.17, 15) is 4.79 Å². The minimum atomic E-state index is -0.211. The average Bonchev–Trinajstić information content (AvgIpc) is 2.92. The molecule has 1 aromatic heterocycles. The number of aryl methyl sites for hydroxylation is 1. The van der Waals surface area contributed by atoms with Gasteiger partial charge < -0.3 is 20.8 Å². The summed E-state index contributed by atoms with van der Waals surface area (Å²) in [6.45, 7) is 0.484. The first-order valence-corrected chi connectivity index (χ1v) is 6.44. The Bertz CT molecular complexity index is 663. The zero-order valence-corrected chi connectivity index (χ0v) is 11.7. The minimum absolute atomic E-state index is 0.0299. The third-order valence-corrected chi connectivity index (χ3v) is 3.08.